The average Bonchev–Trinajstić information content (AvgIpc) is 2.73. The number of rotatable bonds is 3. The lowest BCUT2D eigenvalue weighted by Crippen LogP contribution is -2.47. The molecule has 24 heavy (non-hydrogen) atoms. The largest absolute Gasteiger partial charge is 0.325 e. The molecule has 3 rings (SSSR count). The lowest BCUT2D eigenvalue weighted by molar-refractivity contribution is -0.126. The van der Waals surface area contributed by atoms with E-state index in [-0.39, 0.29) is 12.2 Å². The van der Waals surface area contributed by atoms with Gasteiger partial charge in [-0.25, -0.2) is 9.18 Å². The fourth-order valence-electron chi connectivity index (χ4n) is 2.93. The average molecular weight is 334 g/mol. The van der Waals surface area contributed by atoms with Crippen LogP contribution in [-0.2, 0) is 22.6 Å². The van der Waals surface area contributed by atoms with E-state index in [1.807, 2.05) is 0 Å². The SMILES string of the molecule is CC1(C)C(=O)NC(=O)N1CC(=O)Nc1ccc2c(c1F)CCNC2. The maximum Gasteiger partial charge on any atom is 0.325 e. The summed E-state index contributed by atoms with van der Waals surface area (Å²) in [6, 6.07) is 2.66. The van der Waals surface area contributed by atoms with E-state index in [0.29, 0.717) is 25.1 Å². The molecule has 1 aromatic carbocycles. The first-order chi connectivity index (χ1) is 11.3. The molecule has 1 aromatic rings. The number of carbonyl (C=O) groups excluding carboxylic acids is 3. The molecule has 7 nitrogen and oxygen atoms in total. The van der Waals surface area contributed by atoms with Crippen LogP contribution in [0.15, 0.2) is 12.1 Å². The number of imide groups is 1. The molecule has 0 bridgehead atoms. The number of hydrogen-bond acceptors (Lipinski definition) is 4. The summed E-state index contributed by atoms with van der Waals surface area (Å²) in [7, 11) is 0. The lowest BCUT2D eigenvalue weighted by atomic mass is 9.99. The van der Waals surface area contributed by atoms with E-state index in [9.17, 15) is 18.8 Å². The zero-order valence-electron chi connectivity index (χ0n) is 13.5. The maximum atomic E-state index is 14.5. The van der Waals surface area contributed by atoms with E-state index in [4.69, 9.17) is 0 Å². The summed E-state index contributed by atoms with van der Waals surface area (Å²) in [6.45, 7) is 4.05. The third-order valence-corrected chi connectivity index (χ3v) is 4.48. The van der Waals surface area contributed by atoms with Gasteiger partial charge in [0.25, 0.3) is 5.91 Å². The van der Waals surface area contributed by atoms with Crippen molar-refractivity contribution in [1.29, 1.82) is 0 Å². The maximum absolute atomic E-state index is 14.5. The van der Waals surface area contributed by atoms with Crippen molar-refractivity contribution >= 4 is 23.5 Å². The first-order valence-corrected chi connectivity index (χ1v) is 7.74. The van der Waals surface area contributed by atoms with E-state index in [1.165, 1.54) is 6.07 Å². The van der Waals surface area contributed by atoms with Crippen molar-refractivity contribution in [2.45, 2.75) is 32.4 Å². The minimum atomic E-state index is -1.12. The number of carbonyl (C=O) groups is 3. The summed E-state index contributed by atoms with van der Waals surface area (Å²) in [5.74, 6) is -1.46. The highest BCUT2D eigenvalue weighted by Crippen LogP contribution is 2.25. The van der Waals surface area contributed by atoms with Gasteiger partial charge in [0.05, 0.1) is 5.69 Å². The summed E-state index contributed by atoms with van der Waals surface area (Å²) in [4.78, 5) is 36.8. The van der Waals surface area contributed by atoms with Crippen LogP contribution in [0.2, 0.25) is 0 Å². The van der Waals surface area contributed by atoms with Crippen molar-refractivity contribution < 1.29 is 18.8 Å². The molecule has 1 saturated heterocycles. The van der Waals surface area contributed by atoms with Crippen LogP contribution in [-0.4, -0.2) is 41.4 Å². The Hall–Kier alpha value is -2.48. The fraction of sp³-hybridized carbons (Fsp3) is 0.438. The summed E-state index contributed by atoms with van der Waals surface area (Å²) >= 11 is 0. The van der Waals surface area contributed by atoms with Crippen molar-refractivity contribution in [2.75, 3.05) is 18.4 Å². The highest BCUT2D eigenvalue weighted by molar-refractivity contribution is 6.08. The van der Waals surface area contributed by atoms with Crippen LogP contribution in [0.25, 0.3) is 0 Å². The number of anilines is 1. The number of amides is 4. The standard InChI is InChI=1S/C16H19FN4O3/c1-16(2)14(23)20-15(24)21(16)8-12(22)19-11-4-3-9-7-18-6-5-10(9)13(11)17/h3-4,18H,5-8H2,1-2H3,(H,19,22)(H,20,23,24). The van der Waals surface area contributed by atoms with E-state index >= 15 is 0 Å². The third-order valence-electron chi connectivity index (χ3n) is 4.48. The molecular formula is C16H19FN4O3. The number of hydrogen-bond donors (Lipinski definition) is 3. The number of fused-ring (bicyclic) bond motifs is 1. The smallest absolute Gasteiger partial charge is 0.322 e. The monoisotopic (exact) mass is 334 g/mol. The Bertz CT molecular complexity index is 732. The molecule has 0 spiro atoms. The first kappa shape index (κ1) is 16.4. The molecule has 2 aliphatic rings. The second-order valence-corrected chi connectivity index (χ2v) is 6.44. The molecule has 2 aliphatic heterocycles. The lowest BCUT2D eigenvalue weighted by Gasteiger charge is -2.27. The van der Waals surface area contributed by atoms with Crippen LogP contribution in [0.5, 0.6) is 0 Å². The van der Waals surface area contributed by atoms with E-state index < -0.39 is 29.2 Å². The summed E-state index contributed by atoms with van der Waals surface area (Å²) in [5.41, 5.74) is 0.446. The molecule has 0 aliphatic carbocycles. The first-order valence-electron chi connectivity index (χ1n) is 7.74. The van der Waals surface area contributed by atoms with Crippen LogP contribution in [0.1, 0.15) is 25.0 Å². The third kappa shape index (κ3) is 2.73. The number of halogens is 1. The van der Waals surface area contributed by atoms with Gasteiger partial charge in [-0.15, -0.1) is 0 Å². The van der Waals surface area contributed by atoms with Gasteiger partial charge in [0.15, 0.2) is 0 Å². The predicted octanol–water partition coefficient (Wildman–Crippen LogP) is 0.740. The highest BCUT2D eigenvalue weighted by Gasteiger charge is 2.46. The van der Waals surface area contributed by atoms with Crippen LogP contribution in [0.4, 0.5) is 14.9 Å². The molecule has 128 valence electrons. The highest BCUT2D eigenvalue weighted by atomic mass is 19.1. The molecule has 4 amide bonds. The molecular weight excluding hydrogens is 315 g/mol. The van der Waals surface area contributed by atoms with E-state index in [1.54, 1.807) is 19.9 Å². The minimum Gasteiger partial charge on any atom is -0.322 e. The Labute approximate surface area is 138 Å². The predicted molar refractivity (Wildman–Crippen MR) is 84.8 cm³/mol. The van der Waals surface area contributed by atoms with Crippen LogP contribution in [0.3, 0.4) is 0 Å². The Morgan fingerprint density at radius 1 is 1.38 bits per heavy atom. The molecule has 0 saturated carbocycles. The Balaban J connectivity index is 1.74. The topological polar surface area (TPSA) is 90.5 Å². The zero-order valence-corrected chi connectivity index (χ0v) is 13.5. The van der Waals surface area contributed by atoms with E-state index in [0.717, 1.165) is 10.5 Å². The van der Waals surface area contributed by atoms with E-state index in [2.05, 4.69) is 16.0 Å². The summed E-state index contributed by atoms with van der Waals surface area (Å²) < 4.78 is 14.5. The molecule has 2 heterocycles. The van der Waals surface area contributed by atoms with Crippen LogP contribution >= 0.6 is 0 Å². The van der Waals surface area contributed by atoms with Crippen molar-refractivity contribution in [3.05, 3.63) is 29.1 Å². The number of nitrogens with zero attached hydrogens (tertiary/aromatic N) is 1. The van der Waals surface area contributed by atoms with Gasteiger partial charge in [-0.3, -0.25) is 14.9 Å². The molecule has 0 radical (unpaired) electrons. The normalized spacial score (nSPS) is 19.0. The van der Waals surface area contributed by atoms with Crippen molar-refractivity contribution in [3.8, 4) is 0 Å². The zero-order chi connectivity index (χ0) is 17.5. The Kier molecular flexibility index (Phi) is 4.00. The molecule has 8 heteroatoms. The second-order valence-electron chi connectivity index (χ2n) is 6.44. The van der Waals surface area contributed by atoms with Gasteiger partial charge < -0.3 is 15.5 Å². The number of nitrogens with one attached hydrogen (secondary N) is 3. The Morgan fingerprint density at radius 3 is 2.79 bits per heavy atom. The van der Waals surface area contributed by atoms with Gasteiger partial charge >= 0.3 is 6.03 Å². The minimum absolute atomic E-state index is 0.0874. The molecule has 3 N–H and O–H groups in total. The van der Waals surface area contributed by atoms with Crippen molar-refractivity contribution in [3.63, 3.8) is 0 Å². The van der Waals surface area contributed by atoms with Crippen molar-refractivity contribution in [1.82, 2.24) is 15.5 Å². The van der Waals surface area contributed by atoms with Gasteiger partial charge in [0.1, 0.15) is 17.9 Å². The Morgan fingerprint density at radius 2 is 2.12 bits per heavy atom. The molecule has 0 unspecified atom stereocenters. The van der Waals surface area contributed by atoms with Crippen molar-refractivity contribution in [2.24, 2.45) is 0 Å². The summed E-state index contributed by atoms with van der Waals surface area (Å²) in [5, 5.41) is 7.82. The summed E-state index contributed by atoms with van der Waals surface area (Å²) in [6.07, 6.45) is 0.556. The van der Waals surface area contributed by atoms with Gasteiger partial charge in [-0.05, 0) is 44.0 Å². The number of benzene rings is 1. The van der Waals surface area contributed by atoms with Gasteiger partial charge in [0, 0.05) is 6.54 Å². The fourth-order valence-corrected chi connectivity index (χ4v) is 2.93. The van der Waals surface area contributed by atoms with Gasteiger partial charge in [-0.1, -0.05) is 6.07 Å². The molecule has 1 fully saturated rings. The quantitative estimate of drug-likeness (QED) is 0.711. The second kappa shape index (κ2) is 5.86. The molecule has 0 atom stereocenters. The van der Waals surface area contributed by atoms with Gasteiger partial charge in [-0.2, -0.15) is 0 Å². The van der Waals surface area contributed by atoms with Crippen LogP contribution < -0.4 is 16.0 Å². The van der Waals surface area contributed by atoms with Gasteiger partial charge in [0.2, 0.25) is 5.91 Å². The van der Waals surface area contributed by atoms with Crippen LogP contribution in [0, 0.1) is 5.82 Å². The number of urea groups is 1. The molecule has 0 aromatic heterocycles.